The molecule has 20 heavy (non-hydrogen) atoms. The Morgan fingerprint density at radius 1 is 1.50 bits per heavy atom. The molecule has 114 valence electrons. The van der Waals surface area contributed by atoms with Crippen molar-refractivity contribution >= 4 is 17.9 Å². The van der Waals surface area contributed by atoms with Crippen molar-refractivity contribution in [1.29, 1.82) is 0 Å². The highest BCUT2D eigenvalue weighted by molar-refractivity contribution is 5.83. The van der Waals surface area contributed by atoms with Crippen LogP contribution in [-0.4, -0.2) is 59.8 Å². The summed E-state index contributed by atoms with van der Waals surface area (Å²) in [6, 6.07) is -1.71. The van der Waals surface area contributed by atoms with E-state index >= 15 is 0 Å². The van der Waals surface area contributed by atoms with E-state index in [0.717, 1.165) is 0 Å². The lowest BCUT2D eigenvalue weighted by molar-refractivity contribution is -0.139. The highest BCUT2D eigenvalue weighted by Gasteiger charge is 2.32. The van der Waals surface area contributed by atoms with Gasteiger partial charge in [-0.1, -0.05) is 0 Å². The molecule has 0 aromatic heterocycles. The van der Waals surface area contributed by atoms with Crippen LogP contribution in [0.4, 0.5) is 4.79 Å². The van der Waals surface area contributed by atoms with E-state index in [1.165, 1.54) is 4.90 Å². The van der Waals surface area contributed by atoms with Crippen LogP contribution in [0.15, 0.2) is 0 Å². The first kappa shape index (κ1) is 16.2. The normalized spacial score (nSPS) is 23.1. The van der Waals surface area contributed by atoms with E-state index in [1.54, 1.807) is 7.05 Å². The lowest BCUT2D eigenvalue weighted by Gasteiger charge is -2.28. The number of primary amides is 1. The molecule has 0 aliphatic carbocycles. The molecule has 0 aromatic carbocycles. The average molecular weight is 287 g/mol. The SMILES string of the molecule is CC1OCCC1N(C)C(=O)N[C@H](CCC(N)=O)C(=O)O. The summed E-state index contributed by atoms with van der Waals surface area (Å²) < 4.78 is 5.37. The zero-order valence-corrected chi connectivity index (χ0v) is 11.7. The predicted octanol–water partition coefficient (Wildman–Crippen LogP) is -0.476. The summed E-state index contributed by atoms with van der Waals surface area (Å²) in [6.45, 7) is 2.44. The van der Waals surface area contributed by atoms with E-state index in [2.05, 4.69) is 5.32 Å². The van der Waals surface area contributed by atoms with Crippen LogP contribution in [0.2, 0.25) is 0 Å². The molecular formula is C12H21N3O5. The number of hydrogen-bond acceptors (Lipinski definition) is 4. The fourth-order valence-corrected chi connectivity index (χ4v) is 2.17. The van der Waals surface area contributed by atoms with E-state index in [0.29, 0.717) is 13.0 Å². The molecule has 4 N–H and O–H groups in total. The van der Waals surface area contributed by atoms with Crippen molar-refractivity contribution < 1.29 is 24.2 Å². The number of nitrogens with two attached hydrogens (primary N) is 1. The lowest BCUT2D eigenvalue weighted by atomic mass is 10.1. The Balaban J connectivity index is 2.56. The molecule has 0 saturated carbocycles. The fourth-order valence-electron chi connectivity index (χ4n) is 2.17. The van der Waals surface area contributed by atoms with Crippen LogP contribution in [0.5, 0.6) is 0 Å². The van der Waals surface area contributed by atoms with Crippen LogP contribution in [0.3, 0.4) is 0 Å². The summed E-state index contributed by atoms with van der Waals surface area (Å²) >= 11 is 0. The van der Waals surface area contributed by atoms with Crippen LogP contribution in [0.1, 0.15) is 26.2 Å². The molecule has 0 bridgehead atoms. The number of rotatable bonds is 6. The topological polar surface area (TPSA) is 122 Å². The second-order valence-corrected chi connectivity index (χ2v) is 4.89. The zero-order valence-electron chi connectivity index (χ0n) is 11.7. The lowest BCUT2D eigenvalue weighted by Crippen LogP contribution is -2.51. The predicted molar refractivity (Wildman–Crippen MR) is 70.0 cm³/mol. The maximum Gasteiger partial charge on any atom is 0.326 e. The van der Waals surface area contributed by atoms with Crippen molar-refractivity contribution in [3.05, 3.63) is 0 Å². The Hall–Kier alpha value is -1.83. The summed E-state index contributed by atoms with van der Waals surface area (Å²) in [5.41, 5.74) is 4.98. The summed E-state index contributed by atoms with van der Waals surface area (Å²) in [5.74, 6) is -1.79. The average Bonchev–Trinajstić information content (AvgIpc) is 2.78. The summed E-state index contributed by atoms with van der Waals surface area (Å²) in [4.78, 5) is 35.2. The number of carboxylic acid groups (broad SMARTS) is 1. The molecule has 1 rings (SSSR count). The number of carbonyl (C=O) groups is 3. The van der Waals surface area contributed by atoms with E-state index in [4.69, 9.17) is 15.6 Å². The monoisotopic (exact) mass is 287 g/mol. The molecule has 8 nitrogen and oxygen atoms in total. The van der Waals surface area contributed by atoms with Crippen LogP contribution in [0.25, 0.3) is 0 Å². The Bertz CT molecular complexity index is 387. The van der Waals surface area contributed by atoms with E-state index in [-0.39, 0.29) is 25.0 Å². The molecule has 0 spiro atoms. The van der Waals surface area contributed by atoms with Crippen LogP contribution >= 0.6 is 0 Å². The molecular weight excluding hydrogens is 266 g/mol. The van der Waals surface area contributed by atoms with Gasteiger partial charge in [0.05, 0.1) is 12.1 Å². The van der Waals surface area contributed by atoms with E-state index < -0.39 is 23.9 Å². The van der Waals surface area contributed by atoms with Gasteiger partial charge in [0, 0.05) is 20.1 Å². The van der Waals surface area contributed by atoms with Gasteiger partial charge < -0.3 is 25.8 Å². The molecule has 3 amide bonds. The van der Waals surface area contributed by atoms with Gasteiger partial charge in [-0.05, 0) is 19.8 Å². The number of hydrogen-bond donors (Lipinski definition) is 3. The minimum absolute atomic E-state index is 0.0268. The Morgan fingerprint density at radius 3 is 2.60 bits per heavy atom. The number of amides is 3. The minimum atomic E-state index is -1.19. The summed E-state index contributed by atoms with van der Waals surface area (Å²) in [5, 5.41) is 11.4. The quantitative estimate of drug-likeness (QED) is 0.609. The maximum atomic E-state index is 12.0. The van der Waals surface area contributed by atoms with E-state index in [1.807, 2.05) is 6.92 Å². The highest BCUT2D eigenvalue weighted by Crippen LogP contribution is 2.18. The Morgan fingerprint density at radius 2 is 2.15 bits per heavy atom. The smallest absolute Gasteiger partial charge is 0.326 e. The standard InChI is InChI=1S/C12H21N3O5/c1-7-9(5-6-20-7)15(2)12(19)14-8(11(17)18)3-4-10(13)16/h7-9H,3-6H2,1-2H3,(H2,13,16)(H,14,19)(H,17,18)/t7?,8-,9?/m1/s1. The number of carboxylic acids is 1. The first-order valence-electron chi connectivity index (χ1n) is 6.49. The van der Waals surface area contributed by atoms with Crippen molar-refractivity contribution in [1.82, 2.24) is 10.2 Å². The minimum Gasteiger partial charge on any atom is -0.480 e. The Labute approximate surface area is 117 Å². The van der Waals surface area contributed by atoms with Gasteiger partial charge in [-0.15, -0.1) is 0 Å². The number of carbonyl (C=O) groups excluding carboxylic acids is 2. The summed E-state index contributed by atoms with van der Waals surface area (Å²) in [6.07, 6.45) is 0.509. The van der Waals surface area contributed by atoms with Gasteiger partial charge in [-0.25, -0.2) is 9.59 Å². The van der Waals surface area contributed by atoms with Gasteiger partial charge in [-0.2, -0.15) is 0 Å². The summed E-state index contributed by atoms with van der Waals surface area (Å²) in [7, 11) is 1.60. The van der Waals surface area contributed by atoms with E-state index in [9.17, 15) is 14.4 Å². The number of aliphatic carboxylic acids is 1. The van der Waals surface area contributed by atoms with Crippen molar-refractivity contribution in [3.8, 4) is 0 Å². The number of likely N-dealkylation sites (N-methyl/N-ethyl adjacent to an activating group) is 1. The zero-order chi connectivity index (χ0) is 15.3. The molecule has 0 radical (unpaired) electrons. The van der Waals surface area contributed by atoms with Crippen LogP contribution in [0, 0.1) is 0 Å². The third-order valence-electron chi connectivity index (χ3n) is 3.43. The van der Waals surface area contributed by atoms with Crippen molar-refractivity contribution in [2.75, 3.05) is 13.7 Å². The molecule has 1 fully saturated rings. The molecule has 1 saturated heterocycles. The van der Waals surface area contributed by atoms with Crippen molar-refractivity contribution in [2.45, 2.75) is 44.4 Å². The molecule has 1 heterocycles. The number of ether oxygens (including phenoxy) is 1. The molecule has 3 atom stereocenters. The second-order valence-electron chi connectivity index (χ2n) is 4.89. The van der Waals surface area contributed by atoms with Gasteiger partial charge in [-0.3, -0.25) is 4.79 Å². The van der Waals surface area contributed by atoms with Crippen LogP contribution in [-0.2, 0) is 14.3 Å². The van der Waals surface area contributed by atoms with Gasteiger partial charge >= 0.3 is 12.0 Å². The fraction of sp³-hybridized carbons (Fsp3) is 0.750. The number of nitrogens with one attached hydrogen (secondary N) is 1. The van der Waals surface area contributed by atoms with Crippen molar-refractivity contribution in [3.63, 3.8) is 0 Å². The third-order valence-corrected chi connectivity index (χ3v) is 3.43. The maximum absolute atomic E-state index is 12.0. The first-order valence-corrected chi connectivity index (χ1v) is 6.49. The third kappa shape index (κ3) is 4.37. The van der Waals surface area contributed by atoms with Crippen molar-refractivity contribution in [2.24, 2.45) is 5.73 Å². The highest BCUT2D eigenvalue weighted by atomic mass is 16.5. The van der Waals surface area contributed by atoms with Gasteiger partial charge in [0.1, 0.15) is 6.04 Å². The molecule has 1 aliphatic heterocycles. The van der Waals surface area contributed by atoms with Gasteiger partial charge in [0.25, 0.3) is 0 Å². The van der Waals surface area contributed by atoms with Gasteiger partial charge in [0.2, 0.25) is 5.91 Å². The van der Waals surface area contributed by atoms with Gasteiger partial charge in [0.15, 0.2) is 0 Å². The number of nitrogens with zero attached hydrogens (tertiary/aromatic N) is 1. The molecule has 2 unspecified atom stereocenters. The molecule has 8 heteroatoms. The first-order chi connectivity index (χ1) is 9.32. The molecule has 0 aromatic rings. The molecule has 1 aliphatic rings. The largest absolute Gasteiger partial charge is 0.480 e. The van der Waals surface area contributed by atoms with Crippen LogP contribution < -0.4 is 11.1 Å². The second kappa shape index (κ2) is 7.09. The Kier molecular flexibility index (Phi) is 5.75. The number of urea groups is 1.